The van der Waals surface area contributed by atoms with Gasteiger partial charge >= 0.3 is 0 Å². The molecule has 0 aliphatic carbocycles. The summed E-state index contributed by atoms with van der Waals surface area (Å²) in [5.74, 6) is 0. The van der Waals surface area contributed by atoms with Crippen LogP contribution in [-0.4, -0.2) is 12.2 Å². The highest BCUT2D eigenvalue weighted by molar-refractivity contribution is 7.32. The summed E-state index contributed by atoms with van der Waals surface area (Å²) in [5.41, 5.74) is 3.37. The van der Waals surface area contributed by atoms with Crippen molar-refractivity contribution in [1.82, 2.24) is 4.40 Å². The maximum Gasteiger partial charge on any atom is 0.123 e. The van der Waals surface area contributed by atoms with Gasteiger partial charge in [-0.25, -0.2) is 0 Å². The lowest BCUT2D eigenvalue weighted by atomic mass is 9.86. The third-order valence-electron chi connectivity index (χ3n) is 7.30. The van der Waals surface area contributed by atoms with Gasteiger partial charge in [-0.2, -0.15) is 10.5 Å². The monoisotopic (exact) mass is 489 g/mol. The Morgan fingerprint density at radius 1 is 0.778 bits per heavy atom. The van der Waals surface area contributed by atoms with Crippen molar-refractivity contribution in [2.75, 3.05) is 0 Å². The average molecular weight is 489 g/mol. The summed E-state index contributed by atoms with van der Waals surface area (Å²) in [4.78, 5) is 1.16. The maximum atomic E-state index is 9.43. The number of pyridine rings is 1. The fourth-order valence-corrected chi connectivity index (χ4v) is 8.48. The predicted molar refractivity (Wildman–Crippen MR) is 153 cm³/mol. The summed E-state index contributed by atoms with van der Waals surface area (Å²) in [6, 6.07) is 27.9. The molecular weight excluding hydrogens is 477 g/mol. The van der Waals surface area contributed by atoms with Gasteiger partial charge in [0.1, 0.15) is 30.4 Å². The van der Waals surface area contributed by atoms with Gasteiger partial charge in [0.05, 0.1) is 20.4 Å². The van der Waals surface area contributed by atoms with E-state index in [1.54, 1.807) is 22.7 Å². The second kappa shape index (κ2) is 6.86. The van der Waals surface area contributed by atoms with Crippen molar-refractivity contribution in [3.8, 4) is 12.1 Å². The molecule has 0 aliphatic heterocycles. The molecule has 3 nitrogen and oxygen atoms in total. The Hall–Kier alpha value is -4.36. The molecule has 8 aromatic rings. The third-order valence-corrected chi connectivity index (χ3v) is 9.63. The highest BCUT2D eigenvalue weighted by Gasteiger charge is 2.24. The molecular formula is C30H12BN3S2. The molecule has 4 aromatic carbocycles. The van der Waals surface area contributed by atoms with E-state index in [0.29, 0.717) is 0 Å². The lowest BCUT2D eigenvalue weighted by Crippen LogP contribution is -1.90. The second-order valence-corrected chi connectivity index (χ2v) is 10.9. The number of para-hydroxylation sites is 1. The van der Waals surface area contributed by atoms with Crippen LogP contribution < -0.4 is 0 Å². The Bertz CT molecular complexity index is 2340. The molecule has 0 unspecified atom stereocenters. The van der Waals surface area contributed by atoms with Gasteiger partial charge in [-0.1, -0.05) is 60.1 Å². The van der Waals surface area contributed by atoms with E-state index in [9.17, 15) is 10.5 Å². The first-order valence-electron chi connectivity index (χ1n) is 11.4. The number of aromatic nitrogens is 1. The maximum absolute atomic E-state index is 9.43. The van der Waals surface area contributed by atoms with Gasteiger partial charge in [0.25, 0.3) is 0 Å². The highest BCUT2D eigenvalue weighted by atomic mass is 32.1. The molecule has 8 rings (SSSR count). The summed E-state index contributed by atoms with van der Waals surface area (Å²) in [6.07, 6.45) is 0. The second-order valence-electron chi connectivity index (χ2n) is 8.98. The molecule has 0 saturated heterocycles. The van der Waals surface area contributed by atoms with Gasteiger partial charge in [0.2, 0.25) is 0 Å². The Labute approximate surface area is 214 Å². The number of hydrogen-bond acceptors (Lipinski definition) is 4. The molecule has 0 amide bonds. The normalized spacial score (nSPS) is 11.9. The van der Waals surface area contributed by atoms with Crippen LogP contribution in [0.15, 0.2) is 77.7 Å². The number of thiophene rings is 2. The molecule has 0 spiro atoms. The molecule has 0 saturated carbocycles. The summed E-state index contributed by atoms with van der Waals surface area (Å²) in [7, 11) is 6.35. The van der Waals surface area contributed by atoms with Crippen LogP contribution in [0, 0.1) is 22.7 Å². The minimum Gasteiger partial charge on any atom is -0.299 e. The van der Waals surface area contributed by atoms with Crippen LogP contribution in [0.2, 0.25) is 0 Å². The number of rotatable bonds is 1. The number of hydrogen-bond donors (Lipinski definition) is 0. The number of nitriles is 2. The van der Waals surface area contributed by atoms with Crippen molar-refractivity contribution in [3.05, 3.63) is 83.2 Å². The number of benzene rings is 4. The van der Waals surface area contributed by atoms with Gasteiger partial charge in [0, 0.05) is 21.5 Å². The quantitative estimate of drug-likeness (QED) is 0.101. The van der Waals surface area contributed by atoms with Crippen molar-refractivity contribution < 1.29 is 0 Å². The first-order valence-corrected chi connectivity index (χ1v) is 13.1. The van der Waals surface area contributed by atoms with Crippen molar-refractivity contribution in [3.63, 3.8) is 0 Å². The fourth-order valence-electron chi connectivity index (χ4n) is 5.79. The van der Waals surface area contributed by atoms with Gasteiger partial charge in [-0.15, -0.1) is 22.7 Å². The zero-order chi connectivity index (χ0) is 24.1. The standard InChI is InChI=1S/C30H12BN3S2/c31-26(16(12-32)13-33)22-14-35-29-25-21-11-15-5-1-2-6-17(15)19-9-10-20-18-7-3-4-8-23(18)34(27(20)24(19)21)30(25)36-28(22)29/h1-11,14H. The summed E-state index contributed by atoms with van der Waals surface area (Å²) < 4.78 is 4.56. The molecule has 6 heteroatoms. The van der Waals surface area contributed by atoms with E-state index in [0.717, 1.165) is 19.8 Å². The van der Waals surface area contributed by atoms with Crippen molar-refractivity contribution in [2.45, 2.75) is 0 Å². The van der Waals surface area contributed by atoms with E-state index in [1.165, 1.54) is 54.1 Å². The van der Waals surface area contributed by atoms with Crippen LogP contribution >= 0.6 is 22.7 Å². The van der Waals surface area contributed by atoms with E-state index in [2.05, 4.69) is 71.1 Å². The molecule has 0 bridgehead atoms. The van der Waals surface area contributed by atoms with Crippen LogP contribution in [0.3, 0.4) is 0 Å². The van der Waals surface area contributed by atoms with Crippen LogP contribution in [0.5, 0.6) is 0 Å². The summed E-state index contributed by atoms with van der Waals surface area (Å²) in [5, 5.41) is 30.7. The Morgan fingerprint density at radius 2 is 1.53 bits per heavy atom. The lowest BCUT2D eigenvalue weighted by molar-refractivity contribution is 1.38. The van der Waals surface area contributed by atoms with Crippen molar-refractivity contribution >= 4 is 104 Å². The number of allylic oxidation sites excluding steroid dienone is 1. The van der Waals surface area contributed by atoms with E-state index in [4.69, 9.17) is 7.85 Å². The van der Waals surface area contributed by atoms with Gasteiger partial charge in [-0.05, 0) is 44.6 Å². The largest absolute Gasteiger partial charge is 0.299 e. The summed E-state index contributed by atoms with van der Waals surface area (Å²) in [6.45, 7) is 0. The first-order chi connectivity index (χ1) is 17.7. The minimum atomic E-state index is -0.0498. The molecule has 0 aliphatic rings. The average Bonchev–Trinajstić information content (AvgIpc) is 3.58. The van der Waals surface area contributed by atoms with E-state index >= 15 is 0 Å². The molecule has 0 atom stereocenters. The Balaban J connectivity index is 1.72. The van der Waals surface area contributed by atoms with Crippen LogP contribution in [0.1, 0.15) is 5.56 Å². The van der Waals surface area contributed by atoms with E-state index < -0.39 is 0 Å². The van der Waals surface area contributed by atoms with Gasteiger partial charge in [-0.3, -0.25) is 4.40 Å². The third kappa shape index (κ3) is 2.26. The Morgan fingerprint density at radius 3 is 2.36 bits per heavy atom. The summed E-state index contributed by atoms with van der Waals surface area (Å²) >= 11 is 3.31. The number of nitrogens with zero attached hydrogens (tertiary/aromatic N) is 3. The smallest absolute Gasteiger partial charge is 0.123 e. The van der Waals surface area contributed by atoms with Crippen LogP contribution in [-0.2, 0) is 0 Å². The van der Waals surface area contributed by atoms with Crippen LogP contribution in [0.4, 0.5) is 0 Å². The highest BCUT2D eigenvalue weighted by Crippen LogP contribution is 2.50. The molecule has 4 aromatic heterocycles. The van der Waals surface area contributed by atoms with E-state index in [1.807, 2.05) is 17.5 Å². The lowest BCUT2D eigenvalue weighted by Gasteiger charge is -2.13. The first kappa shape index (κ1) is 19.9. The SMILES string of the molecule is [B]C(=C(C#N)C#N)c1csc2c1sc1c2c2cc3ccccc3c3ccc4c5ccccc5n1c4c32. The molecule has 0 N–H and O–H groups in total. The number of fused-ring (bicyclic) bond motifs is 10. The van der Waals surface area contributed by atoms with E-state index in [-0.39, 0.29) is 11.0 Å². The van der Waals surface area contributed by atoms with Crippen LogP contribution in [0.25, 0.3) is 73.8 Å². The molecule has 162 valence electrons. The van der Waals surface area contributed by atoms with Crippen molar-refractivity contribution in [1.29, 1.82) is 10.5 Å². The van der Waals surface area contributed by atoms with Gasteiger partial charge < -0.3 is 0 Å². The molecule has 36 heavy (non-hydrogen) atoms. The zero-order valence-corrected chi connectivity index (χ0v) is 20.3. The predicted octanol–water partition coefficient (Wildman–Crippen LogP) is 8.35. The molecule has 2 radical (unpaired) electrons. The van der Waals surface area contributed by atoms with Gasteiger partial charge in [0.15, 0.2) is 0 Å². The van der Waals surface area contributed by atoms with Crippen molar-refractivity contribution in [2.24, 2.45) is 0 Å². The molecule has 0 fully saturated rings. The molecule has 4 heterocycles. The zero-order valence-electron chi connectivity index (χ0n) is 18.7. The minimum absolute atomic E-state index is 0.0498. The topological polar surface area (TPSA) is 52.0 Å². The Kier molecular flexibility index (Phi) is 3.79. The fraction of sp³-hybridized carbons (Fsp3) is 0.